The number of esters is 1. The third-order valence-corrected chi connectivity index (χ3v) is 13.7. The first-order chi connectivity index (χ1) is 32.8. The molecule has 392 valence electrons. The van der Waals surface area contributed by atoms with Crippen LogP contribution in [0.25, 0.3) is 0 Å². The van der Waals surface area contributed by atoms with Crippen molar-refractivity contribution in [3.8, 4) is 5.75 Å². The van der Waals surface area contributed by atoms with Gasteiger partial charge < -0.3 is 56.6 Å². The molecule has 3 amide bonds. The van der Waals surface area contributed by atoms with Gasteiger partial charge in [-0.25, -0.2) is 9.82 Å². The number of hydrazine groups is 1. The first kappa shape index (κ1) is 59.4. The van der Waals surface area contributed by atoms with E-state index in [1.165, 1.54) is 24.9 Å². The molecule has 2 aliphatic heterocycles. The van der Waals surface area contributed by atoms with E-state index in [4.69, 9.17) is 20.9 Å². The molecule has 2 aliphatic rings. The first-order valence-electron chi connectivity index (χ1n) is 24.1. The number of aromatic hydroxyl groups is 1. The largest absolute Gasteiger partial charge is 0.505 e. The number of nitrogens with one attached hydrogen (secondary N) is 2. The van der Waals surface area contributed by atoms with Crippen LogP contribution in [0, 0.1) is 41.2 Å². The molecular weight excluding hydrogens is 913 g/mol. The number of rotatable bonds is 25. The maximum atomic E-state index is 13.9. The van der Waals surface area contributed by atoms with Gasteiger partial charge in [0.15, 0.2) is 17.4 Å². The van der Waals surface area contributed by atoms with Gasteiger partial charge >= 0.3 is 5.97 Å². The number of nitrogens with two attached hydrogens (primary N) is 2. The van der Waals surface area contributed by atoms with E-state index in [0.29, 0.717) is 31.3 Å². The number of hydrogen-bond acceptors (Lipinski definition) is 14. The zero-order valence-corrected chi connectivity index (χ0v) is 41.7. The van der Waals surface area contributed by atoms with E-state index >= 15 is 0 Å². The number of nitrogens with zero attached hydrogens (tertiary/aromatic N) is 1. The van der Waals surface area contributed by atoms with E-state index in [2.05, 4.69) is 10.7 Å². The molecule has 1 unspecified atom stereocenters. The van der Waals surface area contributed by atoms with Crippen molar-refractivity contribution in [1.82, 2.24) is 15.8 Å². The number of allylic oxidation sites excluding steroid dienone is 5. The number of halogens is 2. The molecule has 17 nitrogen and oxygen atoms in total. The van der Waals surface area contributed by atoms with Crippen LogP contribution in [0.2, 0.25) is 0 Å². The van der Waals surface area contributed by atoms with Crippen LogP contribution in [0.3, 0.4) is 0 Å². The molecule has 11 N–H and O–H groups in total. The van der Waals surface area contributed by atoms with Gasteiger partial charge in [0.1, 0.15) is 23.7 Å². The highest BCUT2D eigenvalue weighted by Crippen LogP contribution is 2.38. The Labute approximate surface area is 410 Å². The van der Waals surface area contributed by atoms with E-state index in [-0.39, 0.29) is 73.7 Å². The molecule has 0 aromatic heterocycles. The van der Waals surface area contributed by atoms with Crippen LogP contribution in [-0.2, 0) is 39.9 Å². The van der Waals surface area contributed by atoms with Crippen molar-refractivity contribution in [2.24, 2.45) is 41.1 Å². The molecule has 2 fully saturated rings. The summed E-state index contributed by atoms with van der Waals surface area (Å²) in [7, 11) is 0. The van der Waals surface area contributed by atoms with Crippen molar-refractivity contribution in [2.45, 2.75) is 168 Å². The molecule has 0 spiro atoms. The van der Waals surface area contributed by atoms with Crippen molar-refractivity contribution in [1.29, 1.82) is 0 Å². The molecule has 0 aliphatic carbocycles. The van der Waals surface area contributed by atoms with Crippen molar-refractivity contribution in [3.63, 3.8) is 0 Å². The number of amides is 3. The maximum absolute atomic E-state index is 13.9. The van der Waals surface area contributed by atoms with Gasteiger partial charge in [-0.1, -0.05) is 70.2 Å². The Kier molecular flexibility index (Phi) is 23.5. The topological polar surface area (TPSA) is 284 Å². The fourth-order valence-corrected chi connectivity index (χ4v) is 8.73. The number of ether oxygens (including phenoxy) is 2. The number of carbonyl (C=O) groups is 5. The van der Waals surface area contributed by atoms with E-state index < -0.39 is 101 Å². The third kappa shape index (κ3) is 17.5. The van der Waals surface area contributed by atoms with Crippen molar-refractivity contribution >= 4 is 29.5 Å². The number of carbonyl (C=O) groups excluding carboxylic acids is 5. The summed E-state index contributed by atoms with van der Waals surface area (Å²) in [6.07, 6.45) is 8.74. The van der Waals surface area contributed by atoms with Crippen LogP contribution in [-0.4, -0.2) is 121 Å². The lowest BCUT2D eigenvalue weighted by Gasteiger charge is -2.49. The van der Waals surface area contributed by atoms with E-state index in [9.17, 15) is 58.3 Å². The van der Waals surface area contributed by atoms with Crippen molar-refractivity contribution in [3.05, 3.63) is 77.4 Å². The Balaban J connectivity index is 1.71. The Morgan fingerprint density at radius 1 is 1.04 bits per heavy atom. The fourth-order valence-electron chi connectivity index (χ4n) is 8.73. The molecule has 19 heteroatoms. The van der Waals surface area contributed by atoms with Gasteiger partial charge in [0, 0.05) is 50.5 Å². The Morgan fingerprint density at radius 2 is 1.73 bits per heavy atom. The average molecular weight is 990 g/mol. The molecule has 2 heterocycles. The summed E-state index contributed by atoms with van der Waals surface area (Å²) >= 11 is 0. The van der Waals surface area contributed by atoms with Crippen LogP contribution in [0.4, 0.5) is 8.78 Å². The molecule has 2 saturated heterocycles. The number of primary amides is 1. The van der Waals surface area contributed by atoms with Gasteiger partial charge in [0.05, 0.1) is 42.5 Å². The molecule has 1 aromatic carbocycles. The van der Waals surface area contributed by atoms with Crippen LogP contribution >= 0.6 is 0 Å². The van der Waals surface area contributed by atoms with Gasteiger partial charge in [-0.2, -0.15) is 4.39 Å². The Bertz CT molecular complexity index is 2050. The second-order valence-corrected chi connectivity index (χ2v) is 19.4. The second-order valence-electron chi connectivity index (χ2n) is 19.4. The number of benzene rings is 1. The number of phenols is 1. The van der Waals surface area contributed by atoms with Crippen molar-refractivity contribution in [2.75, 3.05) is 6.54 Å². The van der Waals surface area contributed by atoms with Gasteiger partial charge in [-0.05, 0) is 88.5 Å². The highest BCUT2D eigenvalue weighted by Gasteiger charge is 2.49. The lowest BCUT2D eigenvalue weighted by molar-refractivity contribution is -0.233. The van der Waals surface area contributed by atoms with Crippen LogP contribution < -0.4 is 22.2 Å². The van der Waals surface area contributed by atoms with Crippen LogP contribution in [0.5, 0.6) is 5.75 Å². The SMILES string of the molecule is CC(=O)CC[C@@H](C(N)=O)[C@H](O)[C@@H](C)[C@@H](O)/C=C/C=C/C[C@H](OC(=O)C1CCCN(C(=O)[C@@H](N)Cc2cc(O)c(F)c(F)c2)N1)/C(C)=C/C=C/CC[C@H](C)[C@@H](O)C[C@@H]1O[C@@](C)(NC(C)=O)[C@@H](C)[C@@H](O)[C@H]1C. The predicted octanol–water partition coefficient (Wildman–Crippen LogP) is 3.83. The standard InChI is InChI=1S/C51H77F2N5O12/c1-28(41(62)27-44-32(5)46(64)33(6)51(8,70-44)56-34(7)60)16-11-9-12-17-29(2)43(20-14-10-13-19-40(61)31(4)47(65)36(48(55)66)22-21-30(3)59)69-50(68)39-18-15-23-58(57-39)49(67)38(54)25-35-24-37(52)45(53)42(63)26-35/h9-10,12-14,17,19,24,26,28,31-33,36,38-41,43-44,46-47,57,61-65H,11,15-16,18,20-23,25,27,54H2,1-8H3,(H2,55,66)(H,56,60)/b12-9+,14-10+,19-13+,29-17+/t28-,31-,32-,33-,36+,38-,39?,40-,41-,43-,44-,46-,47+,51+/m0/s1. The Hall–Kier alpha value is -4.89. The summed E-state index contributed by atoms with van der Waals surface area (Å²) in [6, 6.07) is -0.341. The van der Waals surface area contributed by atoms with Gasteiger partial charge in [0.2, 0.25) is 11.8 Å². The predicted molar refractivity (Wildman–Crippen MR) is 257 cm³/mol. The van der Waals surface area contributed by atoms with Gasteiger partial charge in [-0.3, -0.25) is 24.2 Å². The summed E-state index contributed by atoms with van der Waals surface area (Å²) in [5.74, 6) is -8.77. The van der Waals surface area contributed by atoms with Crippen LogP contribution in [0.1, 0.15) is 112 Å². The summed E-state index contributed by atoms with van der Waals surface area (Å²) < 4.78 is 39.9. The quantitative estimate of drug-likeness (QED) is 0.0498. The molecule has 0 radical (unpaired) electrons. The van der Waals surface area contributed by atoms with Gasteiger partial charge in [0.25, 0.3) is 5.91 Å². The number of Topliss-reactive ketones (excluding diaryl/α,β-unsaturated/α-hetero) is 1. The summed E-state index contributed by atoms with van der Waals surface area (Å²) in [5.41, 5.74) is 14.2. The number of phenolic OH excluding ortho intramolecular Hbond substituents is 1. The molecule has 0 saturated carbocycles. The summed E-state index contributed by atoms with van der Waals surface area (Å²) in [6.45, 7) is 13.6. The number of ketones is 1. The van der Waals surface area contributed by atoms with E-state index in [0.717, 1.165) is 12.1 Å². The Morgan fingerprint density at radius 3 is 2.36 bits per heavy atom. The monoisotopic (exact) mass is 990 g/mol. The average Bonchev–Trinajstić information content (AvgIpc) is 3.29. The smallest absolute Gasteiger partial charge is 0.325 e. The maximum Gasteiger partial charge on any atom is 0.325 e. The number of aliphatic hydroxyl groups is 4. The number of aliphatic hydroxyl groups excluding tert-OH is 4. The zero-order chi connectivity index (χ0) is 52.6. The molecule has 70 heavy (non-hydrogen) atoms. The number of hydrogen-bond donors (Lipinski definition) is 9. The highest BCUT2D eigenvalue weighted by molar-refractivity contribution is 5.83. The minimum atomic E-state index is -1.42. The fraction of sp³-hybridized carbons (Fsp3) is 0.627. The van der Waals surface area contributed by atoms with Crippen molar-refractivity contribution < 1.29 is 67.8 Å². The highest BCUT2D eigenvalue weighted by atomic mass is 19.2. The normalized spacial score (nSPS) is 25.8. The third-order valence-electron chi connectivity index (χ3n) is 13.7. The van der Waals surface area contributed by atoms with E-state index in [1.807, 2.05) is 32.9 Å². The summed E-state index contributed by atoms with van der Waals surface area (Å²) in [4.78, 5) is 62.5. The molecule has 1 aromatic rings. The molecule has 14 atom stereocenters. The zero-order valence-electron chi connectivity index (χ0n) is 41.7. The second kappa shape index (κ2) is 27.6. The van der Waals surface area contributed by atoms with Crippen LogP contribution in [0.15, 0.2) is 60.2 Å². The summed E-state index contributed by atoms with van der Waals surface area (Å²) in [5, 5.41) is 57.5. The minimum absolute atomic E-state index is 0.0469. The molecular formula is C51H77F2N5O12. The minimum Gasteiger partial charge on any atom is -0.505 e. The lowest BCUT2D eigenvalue weighted by Crippen LogP contribution is -2.63. The molecule has 0 bridgehead atoms. The van der Waals surface area contributed by atoms with E-state index in [1.54, 1.807) is 45.1 Å². The molecule has 3 rings (SSSR count). The lowest BCUT2D eigenvalue weighted by atomic mass is 9.77. The first-order valence-corrected chi connectivity index (χ1v) is 24.1. The van der Waals surface area contributed by atoms with Gasteiger partial charge in [-0.15, -0.1) is 0 Å².